The lowest BCUT2D eigenvalue weighted by molar-refractivity contribution is -0.384. The maximum Gasteiger partial charge on any atom is 0.329 e. The number of hydrogen-bond acceptors (Lipinski definition) is 7. The van der Waals surface area contributed by atoms with Crippen molar-refractivity contribution in [3.05, 3.63) is 16.3 Å². The van der Waals surface area contributed by atoms with Gasteiger partial charge in [-0.2, -0.15) is 4.98 Å². The van der Waals surface area contributed by atoms with Gasteiger partial charge in [-0.25, -0.2) is 4.98 Å². The molecule has 1 fully saturated rings. The number of hydrogen-bond donors (Lipinski definition) is 1. The molecule has 1 atom stereocenters. The van der Waals surface area contributed by atoms with Crippen LogP contribution in [-0.4, -0.2) is 47.7 Å². The molecule has 2 rings (SSSR count). The maximum absolute atomic E-state index is 11.0. The normalized spacial score (nSPS) is 18.6. The van der Waals surface area contributed by atoms with Gasteiger partial charge in [0.2, 0.25) is 11.8 Å². The Bertz CT molecular complexity index is 468. The van der Waals surface area contributed by atoms with Gasteiger partial charge in [-0.3, -0.25) is 10.1 Å². The first-order chi connectivity index (χ1) is 9.15. The van der Waals surface area contributed by atoms with Crippen molar-refractivity contribution < 1.29 is 9.66 Å². The minimum atomic E-state index is -0.453. The van der Waals surface area contributed by atoms with Crippen molar-refractivity contribution >= 4 is 17.5 Å². The van der Waals surface area contributed by atoms with Crippen LogP contribution in [0.4, 0.5) is 17.5 Å². The van der Waals surface area contributed by atoms with Crippen LogP contribution in [0.25, 0.3) is 0 Å². The van der Waals surface area contributed by atoms with Gasteiger partial charge in [-0.1, -0.05) is 0 Å². The molecule has 0 aliphatic carbocycles. The highest BCUT2D eigenvalue weighted by atomic mass is 16.6. The first kappa shape index (κ1) is 13.5. The van der Waals surface area contributed by atoms with Crippen molar-refractivity contribution in [1.82, 2.24) is 9.97 Å². The van der Waals surface area contributed by atoms with E-state index in [-0.39, 0.29) is 11.8 Å². The Morgan fingerprint density at radius 1 is 1.68 bits per heavy atom. The van der Waals surface area contributed by atoms with Crippen LogP contribution in [0.3, 0.4) is 0 Å². The van der Waals surface area contributed by atoms with Gasteiger partial charge in [0.25, 0.3) is 0 Å². The molecule has 0 bridgehead atoms. The molecule has 0 saturated carbocycles. The van der Waals surface area contributed by atoms with E-state index in [1.807, 2.05) is 11.8 Å². The SMILES string of the molecule is CCNc1ncc([N+](=O)[O-])c(N2CCC(OC)C2)n1. The third-order valence-electron chi connectivity index (χ3n) is 3.06. The minimum Gasteiger partial charge on any atom is -0.380 e. The molecule has 8 heteroatoms. The summed E-state index contributed by atoms with van der Waals surface area (Å²) >= 11 is 0. The monoisotopic (exact) mass is 267 g/mol. The van der Waals surface area contributed by atoms with Gasteiger partial charge in [0.1, 0.15) is 6.20 Å². The van der Waals surface area contributed by atoms with Crippen LogP contribution in [0, 0.1) is 10.1 Å². The number of nitrogens with one attached hydrogen (secondary N) is 1. The lowest BCUT2D eigenvalue weighted by atomic mass is 10.3. The summed E-state index contributed by atoms with van der Waals surface area (Å²) in [6, 6.07) is 0. The summed E-state index contributed by atoms with van der Waals surface area (Å²) in [5.41, 5.74) is -0.0709. The van der Waals surface area contributed by atoms with E-state index in [0.29, 0.717) is 31.4 Å². The highest BCUT2D eigenvalue weighted by molar-refractivity contribution is 5.59. The van der Waals surface area contributed by atoms with Gasteiger partial charge in [0.05, 0.1) is 11.0 Å². The van der Waals surface area contributed by atoms with E-state index in [0.717, 1.165) is 6.42 Å². The van der Waals surface area contributed by atoms with Crippen LogP contribution in [0.15, 0.2) is 6.20 Å². The molecular weight excluding hydrogens is 250 g/mol. The Morgan fingerprint density at radius 3 is 3.05 bits per heavy atom. The van der Waals surface area contributed by atoms with E-state index in [1.165, 1.54) is 6.20 Å². The van der Waals surface area contributed by atoms with Crippen molar-refractivity contribution in [3.8, 4) is 0 Å². The van der Waals surface area contributed by atoms with E-state index in [4.69, 9.17) is 4.74 Å². The van der Waals surface area contributed by atoms with Crippen molar-refractivity contribution in [2.24, 2.45) is 0 Å². The summed E-state index contributed by atoms with van der Waals surface area (Å²) in [7, 11) is 1.65. The van der Waals surface area contributed by atoms with Crippen molar-refractivity contribution in [2.45, 2.75) is 19.4 Å². The summed E-state index contributed by atoms with van der Waals surface area (Å²) in [5, 5.41) is 14.0. The van der Waals surface area contributed by atoms with Crippen LogP contribution < -0.4 is 10.2 Å². The fourth-order valence-electron chi connectivity index (χ4n) is 2.08. The van der Waals surface area contributed by atoms with E-state index >= 15 is 0 Å². The molecule has 1 aliphatic heterocycles. The number of anilines is 2. The molecule has 104 valence electrons. The Balaban J connectivity index is 2.30. The molecule has 1 unspecified atom stereocenters. The summed E-state index contributed by atoms with van der Waals surface area (Å²) in [6.45, 7) is 3.89. The van der Waals surface area contributed by atoms with Crippen LogP contribution in [-0.2, 0) is 4.74 Å². The minimum absolute atomic E-state index is 0.0709. The van der Waals surface area contributed by atoms with Gasteiger partial charge < -0.3 is 15.0 Å². The topological polar surface area (TPSA) is 93.4 Å². The smallest absolute Gasteiger partial charge is 0.329 e. The third-order valence-corrected chi connectivity index (χ3v) is 3.06. The molecule has 1 aromatic heterocycles. The van der Waals surface area contributed by atoms with Crippen LogP contribution in [0.2, 0.25) is 0 Å². The average molecular weight is 267 g/mol. The molecule has 1 saturated heterocycles. The summed E-state index contributed by atoms with van der Waals surface area (Å²) in [6.07, 6.45) is 2.19. The summed E-state index contributed by atoms with van der Waals surface area (Å²) in [4.78, 5) is 20.6. The van der Waals surface area contributed by atoms with E-state index in [2.05, 4.69) is 15.3 Å². The first-order valence-corrected chi connectivity index (χ1v) is 6.18. The molecule has 1 aromatic rings. The van der Waals surface area contributed by atoms with Crippen molar-refractivity contribution in [3.63, 3.8) is 0 Å². The second kappa shape index (κ2) is 5.79. The predicted molar refractivity (Wildman–Crippen MR) is 70.5 cm³/mol. The first-order valence-electron chi connectivity index (χ1n) is 6.18. The second-order valence-electron chi connectivity index (χ2n) is 4.28. The van der Waals surface area contributed by atoms with Gasteiger partial charge in [-0.05, 0) is 13.3 Å². The number of ether oxygens (including phenoxy) is 1. The molecule has 0 amide bonds. The molecule has 0 spiro atoms. The van der Waals surface area contributed by atoms with Gasteiger partial charge >= 0.3 is 5.69 Å². The summed E-state index contributed by atoms with van der Waals surface area (Å²) in [5.74, 6) is 0.763. The summed E-state index contributed by atoms with van der Waals surface area (Å²) < 4.78 is 5.27. The van der Waals surface area contributed by atoms with Crippen LogP contribution in [0.1, 0.15) is 13.3 Å². The Kier molecular flexibility index (Phi) is 4.10. The number of aromatic nitrogens is 2. The third kappa shape index (κ3) is 2.90. The lowest BCUT2D eigenvalue weighted by Crippen LogP contribution is -2.24. The molecule has 1 N–H and O–H groups in total. The molecule has 2 heterocycles. The van der Waals surface area contributed by atoms with Gasteiger partial charge in [0.15, 0.2) is 0 Å². The second-order valence-corrected chi connectivity index (χ2v) is 4.28. The highest BCUT2D eigenvalue weighted by Gasteiger charge is 2.29. The Hall–Kier alpha value is -1.96. The number of methoxy groups -OCH3 is 1. The fourth-order valence-corrected chi connectivity index (χ4v) is 2.08. The van der Waals surface area contributed by atoms with E-state index < -0.39 is 4.92 Å². The average Bonchev–Trinajstić information content (AvgIpc) is 2.87. The van der Waals surface area contributed by atoms with E-state index in [9.17, 15) is 10.1 Å². The molecule has 8 nitrogen and oxygen atoms in total. The van der Waals surface area contributed by atoms with Crippen LogP contribution in [0.5, 0.6) is 0 Å². The molecule has 19 heavy (non-hydrogen) atoms. The maximum atomic E-state index is 11.0. The van der Waals surface area contributed by atoms with E-state index in [1.54, 1.807) is 7.11 Å². The largest absolute Gasteiger partial charge is 0.380 e. The number of rotatable bonds is 5. The Morgan fingerprint density at radius 2 is 2.47 bits per heavy atom. The molecular formula is C11H17N5O3. The fraction of sp³-hybridized carbons (Fsp3) is 0.636. The number of nitrogens with zero attached hydrogens (tertiary/aromatic N) is 4. The molecule has 0 radical (unpaired) electrons. The zero-order valence-corrected chi connectivity index (χ0v) is 11.0. The van der Waals surface area contributed by atoms with Gasteiger partial charge in [-0.15, -0.1) is 0 Å². The van der Waals surface area contributed by atoms with Gasteiger partial charge in [0, 0.05) is 26.7 Å². The predicted octanol–water partition coefficient (Wildman–Crippen LogP) is 1.04. The zero-order chi connectivity index (χ0) is 13.8. The van der Waals surface area contributed by atoms with Crippen molar-refractivity contribution in [1.29, 1.82) is 0 Å². The quantitative estimate of drug-likeness (QED) is 0.629. The zero-order valence-electron chi connectivity index (χ0n) is 11.0. The highest BCUT2D eigenvalue weighted by Crippen LogP contribution is 2.29. The van der Waals surface area contributed by atoms with Crippen molar-refractivity contribution in [2.75, 3.05) is 37.0 Å². The standard InChI is InChI=1S/C11H17N5O3/c1-3-12-11-13-6-9(16(17)18)10(14-11)15-5-4-8(7-15)19-2/h6,8H,3-5,7H2,1-2H3,(H,12,13,14). The van der Waals surface area contributed by atoms with Crippen LogP contribution >= 0.6 is 0 Å². The Labute approximate surface area is 110 Å². The molecule has 1 aliphatic rings. The number of nitro groups is 1. The lowest BCUT2D eigenvalue weighted by Gasteiger charge is -2.17. The molecule has 0 aromatic carbocycles.